The normalized spacial score (nSPS) is 16.9. The number of rotatable bonds is 11. The Bertz CT molecular complexity index is 1920. The van der Waals surface area contributed by atoms with E-state index < -0.39 is 17.8 Å². The van der Waals surface area contributed by atoms with Crippen LogP contribution in [0.2, 0.25) is 0 Å². The molecule has 3 amide bonds. The largest absolute Gasteiger partial charge is 0.493 e. The third kappa shape index (κ3) is 9.41. The maximum Gasteiger partial charge on any atom is 0.418 e. The lowest BCUT2D eigenvalue weighted by Crippen LogP contribution is -2.45. The van der Waals surface area contributed by atoms with Crippen LogP contribution in [0.1, 0.15) is 50.5 Å². The van der Waals surface area contributed by atoms with Crippen LogP contribution in [-0.2, 0) is 11.0 Å². The van der Waals surface area contributed by atoms with Gasteiger partial charge in [0.05, 0.1) is 25.3 Å². The zero-order chi connectivity index (χ0) is 37.5. The second-order valence-electron chi connectivity index (χ2n) is 13.5. The molecule has 0 aliphatic carbocycles. The number of hydrogen-bond donors (Lipinski definition) is 3. The number of likely N-dealkylation sites (tertiary alicyclic amines) is 1. The van der Waals surface area contributed by atoms with Gasteiger partial charge in [-0.1, -0.05) is 12.5 Å². The van der Waals surface area contributed by atoms with Crippen molar-refractivity contribution >= 4 is 39.9 Å². The number of pyridine rings is 1. The number of alkyl halides is 3. The smallest absolute Gasteiger partial charge is 0.418 e. The first-order chi connectivity index (χ1) is 25.5. The number of piperidine rings is 2. The van der Waals surface area contributed by atoms with Crippen LogP contribution in [0.5, 0.6) is 23.0 Å². The fraction of sp³-hybridized carbons (Fsp3) is 0.410. The number of carbonyl (C=O) groups excluding carboxylic acids is 2. The molecule has 53 heavy (non-hydrogen) atoms. The highest BCUT2D eigenvalue weighted by Crippen LogP contribution is 2.40. The average Bonchev–Trinajstić information content (AvgIpc) is 3.14. The first kappa shape index (κ1) is 37.5. The van der Waals surface area contributed by atoms with Crippen molar-refractivity contribution in [3.05, 3.63) is 72.4 Å². The van der Waals surface area contributed by atoms with Gasteiger partial charge in [0.1, 0.15) is 11.5 Å². The van der Waals surface area contributed by atoms with E-state index in [1.54, 1.807) is 53.6 Å². The van der Waals surface area contributed by atoms with E-state index in [0.717, 1.165) is 25.5 Å². The summed E-state index contributed by atoms with van der Waals surface area (Å²) in [7, 11) is 5.17. The number of nitrogens with zero attached hydrogens (tertiary/aromatic N) is 3. The van der Waals surface area contributed by atoms with Crippen LogP contribution in [0.3, 0.4) is 0 Å². The van der Waals surface area contributed by atoms with Crippen LogP contribution in [0, 0.1) is 0 Å². The number of fused-ring (bicyclic) bond motifs is 1. The van der Waals surface area contributed by atoms with Crippen molar-refractivity contribution in [2.45, 2.75) is 63.2 Å². The molecule has 0 spiro atoms. The molecule has 14 heteroatoms. The maximum atomic E-state index is 14.3. The predicted octanol–water partition coefficient (Wildman–Crippen LogP) is 8.06. The summed E-state index contributed by atoms with van der Waals surface area (Å²) in [4.78, 5) is 34.0. The molecule has 2 saturated heterocycles. The van der Waals surface area contributed by atoms with Crippen molar-refractivity contribution < 1.29 is 37.0 Å². The zero-order valence-electron chi connectivity index (χ0n) is 30.1. The minimum atomic E-state index is -4.65. The molecule has 0 saturated carbocycles. The van der Waals surface area contributed by atoms with Crippen molar-refractivity contribution in [2.24, 2.45) is 0 Å². The second-order valence-corrected chi connectivity index (χ2v) is 13.5. The van der Waals surface area contributed by atoms with Gasteiger partial charge in [-0.15, -0.1) is 0 Å². The van der Waals surface area contributed by atoms with Crippen LogP contribution in [0.25, 0.3) is 10.9 Å². The van der Waals surface area contributed by atoms with Gasteiger partial charge in [0.15, 0.2) is 11.5 Å². The minimum absolute atomic E-state index is 0.00357. The highest BCUT2D eigenvalue weighted by atomic mass is 19.4. The van der Waals surface area contributed by atoms with Crippen molar-refractivity contribution in [1.29, 1.82) is 0 Å². The summed E-state index contributed by atoms with van der Waals surface area (Å²) in [5.41, 5.74) is 0.174. The van der Waals surface area contributed by atoms with Gasteiger partial charge >= 0.3 is 12.2 Å². The zero-order valence-corrected chi connectivity index (χ0v) is 30.1. The molecule has 3 heterocycles. The number of carbonyl (C=O) groups is 2. The van der Waals surface area contributed by atoms with Gasteiger partial charge in [-0.2, -0.15) is 13.2 Å². The molecule has 0 bridgehead atoms. The topological polar surface area (TPSA) is 117 Å². The predicted molar refractivity (Wildman–Crippen MR) is 198 cm³/mol. The summed E-state index contributed by atoms with van der Waals surface area (Å²) in [6.45, 7) is 1.78. The molecule has 2 fully saturated rings. The monoisotopic (exact) mass is 734 g/mol. The Labute approximate surface area is 306 Å². The fourth-order valence-electron chi connectivity index (χ4n) is 7.08. The average molecular weight is 735 g/mol. The number of ether oxygens (including phenoxy) is 3. The Morgan fingerprint density at radius 2 is 1.60 bits per heavy atom. The molecule has 11 nitrogen and oxygen atoms in total. The van der Waals surface area contributed by atoms with Crippen LogP contribution in [-0.4, -0.2) is 74.8 Å². The van der Waals surface area contributed by atoms with Gasteiger partial charge in [-0.25, -0.2) is 4.79 Å². The van der Waals surface area contributed by atoms with Crippen molar-refractivity contribution in [2.75, 3.05) is 56.4 Å². The van der Waals surface area contributed by atoms with E-state index in [2.05, 4.69) is 32.9 Å². The number of benzene rings is 3. The number of anilines is 3. The number of methoxy groups -OCH3 is 2. The molecule has 1 aromatic heterocycles. The van der Waals surface area contributed by atoms with E-state index in [9.17, 15) is 22.8 Å². The molecule has 2 aliphatic rings. The fourth-order valence-corrected chi connectivity index (χ4v) is 7.08. The van der Waals surface area contributed by atoms with Gasteiger partial charge < -0.3 is 40.0 Å². The molecule has 4 aromatic rings. The molecule has 6 rings (SSSR count). The van der Waals surface area contributed by atoms with Crippen LogP contribution in [0.15, 0.2) is 66.9 Å². The lowest BCUT2D eigenvalue weighted by molar-refractivity contribution is -0.137. The van der Waals surface area contributed by atoms with Crippen molar-refractivity contribution in [3.8, 4) is 23.0 Å². The highest BCUT2D eigenvalue weighted by Gasteiger charge is 2.36. The Balaban J connectivity index is 1.05. The van der Waals surface area contributed by atoms with E-state index in [1.807, 2.05) is 0 Å². The summed E-state index contributed by atoms with van der Waals surface area (Å²) in [6.07, 6.45) is 2.76. The number of aromatic nitrogens is 1. The third-order valence-corrected chi connectivity index (χ3v) is 9.91. The lowest BCUT2D eigenvalue weighted by Gasteiger charge is -2.36. The molecule has 3 N–H and O–H groups in total. The van der Waals surface area contributed by atoms with E-state index in [0.29, 0.717) is 78.0 Å². The van der Waals surface area contributed by atoms with Gasteiger partial charge in [0.25, 0.3) is 0 Å². The van der Waals surface area contributed by atoms with Crippen molar-refractivity contribution in [3.63, 3.8) is 0 Å². The number of urea groups is 1. The molecule has 1 atom stereocenters. The lowest BCUT2D eigenvalue weighted by atomic mass is 9.98. The SMILES string of the molecule is COc1cc2nccc(Oc3cccc(NC(=O)Nc4ccc(N5CCC(NC(=O)CCC6CCCCN6C)CC5)c(C(F)(F)F)c4)c3)c2cc1OC. The highest BCUT2D eigenvalue weighted by molar-refractivity contribution is 6.00. The van der Waals surface area contributed by atoms with Gasteiger partial charge in [-0.05, 0) is 88.2 Å². The molecule has 0 radical (unpaired) electrons. The summed E-state index contributed by atoms with van der Waals surface area (Å²) < 4.78 is 59.9. The van der Waals surface area contributed by atoms with Gasteiger partial charge in [0, 0.05) is 72.4 Å². The van der Waals surface area contributed by atoms with E-state index >= 15 is 0 Å². The Morgan fingerprint density at radius 3 is 2.32 bits per heavy atom. The summed E-state index contributed by atoms with van der Waals surface area (Å²) >= 11 is 0. The summed E-state index contributed by atoms with van der Waals surface area (Å²) in [6, 6.07) is 15.2. The third-order valence-electron chi connectivity index (χ3n) is 9.91. The standard InChI is InChI=1S/C39H45F3N6O5/c1-47-18-5-4-8-28(47)11-13-37(49)44-25-15-19-48(20-16-25)33-12-10-27(22-31(33)39(40,41)42)46-38(50)45-26-7-6-9-29(21-26)53-34-14-17-43-32-24-36(52-3)35(51-2)23-30(32)34/h6-7,9-10,12,14,17,21-25,28H,4-5,8,11,13,15-16,18-20H2,1-3H3,(H,44,49)(H2,45,46,50). The van der Waals surface area contributed by atoms with Gasteiger partial charge in [0.2, 0.25) is 5.91 Å². The number of nitrogens with one attached hydrogen (secondary N) is 3. The second kappa shape index (κ2) is 16.6. The molecule has 282 valence electrons. The number of amides is 3. The quantitative estimate of drug-likeness (QED) is 0.142. The molecular weight excluding hydrogens is 689 g/mol. The molecule has 1 unspecified atom stereocenters. The summed E-state index contributed by atoms with van der Waals surface area (Å²) in [5, 5.41) is 8.96. The number of hydrogen-bond acceptors (Lipinski definition) is 8. The summed E-state index contributed by atoms with van der Waals surface area (Å²) in [5.74, 6) is 1.92. The molecule has 2 aliphatic heterocycles. The van der Waals surface area contributed by atoms with Crippen LogP contribution >= 0.6 is 0 Å². The van der Waals surface area contributed by atoms with Crippen LogP contribution < -0.4 is 35.1 Å². The maximum absolute atomic E-state index is 14.3. The number of halogens is 3. The first-order valence-electron chi connectivity index (χ1n) is 17.8. The molecule has 3 aromatic carbocycles. The van der Waals surface area contributed by atoms with Gasteiger partial charge in [-0.3, -0.25) is 9.78 Å². The Hall–Kier alpha value is -5.24. The Morgan fingerprint density at radius 1 is 0.868 bits per heavy atom. The van der Waals surface area contributed by atoms with E-state index in [1.165, 1.54) is 39.2 Å². The van der Waals surface area contributed by atoms with Crippen LogP contribution in [0.4, 0.5) is 35.0 Å². The van der Waals surface area contributed by atoms with E-state index in [4.69, 9.17) is 14.2 Å². The minimum Gasteiger partial charge on any atom is -0.493 e. The first-order valence-corrected chi connectivity index (χ1v) is 17.8. The molecular formula is C39H45F3N6O5. The Kier molecular flexibility index (Phi) is 11.8. The van der Waals surface area contributed by atoms with E-state index in [-0.39, 0.29) is 23.3 Å². The van der Waals surface area contributed by atoms with Crippen molar-refractivity contribution in [1.82, 2.24) is 15.2 Å².